The molecule has 2 N–H and O–H groups in total. The van der Waals surface area contributed by atoms with E-state index in [-0.39, 0.29) is 0 Å². The van der Waals surface area contributed by atoms with Gasteiger partial charge in [0, 0.05) is 18.0 Å². The zero-order valence-electron chi connectivity index (χ0n) is 9.89. The molecule has 1 unspecified atom stereocenters. The van der Waals surface area contributed by atoms with E-state index in [0.717, 1.165) is 23.3 Å². The van der Waals surface area contributed by atoms with Crippen LogP contribution in [0.5, 0.6) is 0 Å². The van der Waals surface area contributed by atoms with Crippen molar-refractivity contribution in [3.63, 3.8) is 0 Å². The summed E-state index contributed by atoms with van der Waals surface area (Å²) in [5, 5.41) is 0.665. The molecule has 0 saturated carbocycles. The fourth-order valence-electron chi connectivity index (χ4n) is 2.30. The number of pyridine rings is 1. The molecule has 0 bridgehead atoms. The summed E-state index contributed by atoms with van der Waals surface area (Å²) in [6, 6.07) is 2.04. The minimum Gasteiger partial charge on any atom is -0.369 e. The van der Waals surface area contributed by atoms with Gasteiger partial charge in [0.05, 0.1) is 0 Å². The molecular formula is C12H16N4S. The van der Waals surface area contributed by atoms with Crippen molar-refractivity contribution in [1.29, 1.82) is 0 Å². The van der Waals surface area contributed by atoms with Crippen LogP contribution in [0, 0.1) is 6.92 Å². The molecule has 1 aliphatic rings. The number of nitrogens with two attached hydrogens (primary N) is 1. The van der Waals surface area contributed by atoms with Gasteiger partial charge in [-0.2, -0.15) is 11.8 Å². The zero-order chi connectivity index (χ0) is 11.8. The Morgan fingerprint density at radius 1 is 1.59 bits per heavy atom. The van der Waals surface area contributed by atoms with E-state index in [1.54, 1.807) is 0 Å². The van der Waals surface area contributed by atoms with Crippen molar-refractivity contribution < 1.29 is 0 Å². The van der Waals surface area contributed by atoms with Crippen LogP contribution in [-0.4, -0.2) is 25.5 Å². The Bertz CT molecular complexity index is 543. The second-order valence-electron chi connectivity index (χ2n) is 4.57. The molecule has 0 aliphatic carbocycles. The second kappa shape index (κ2) is 4.22. The maximum Gasteiger partial charge on any atom is 0.202 e. The van der Waals surface area contributed by atoms with E-state index in [2.05, 4.69) is 14.5 Å². The van der Waals surface area contributed by atoms with Crippen LogP contribution in [0.3, 0.4) is 0 Å². The summed E-state index contributed by atoms with van der Waals surface area (Å²) in [7, 11) is 0. The molecule has 1 atom stereocenters. The summed E-state index contributed by atoms with van der Waals surface area (Å²) in [4.78, 5) is 8.84. The molecule has 1 fully saturated rings. The third-order valence-corrected chi connectivity index (χ3v) is 4.54. The number of hydrogen-bond acceptors (Lipinski definition) is 4. The predicted molar refractivity (Wildman–Crippen MR) is 72.2 cm³/mol. The van der Waals surface area contributed by atoms with Crippen molar-refractivity contribution in [3.05, 3.63) is 17.8 Å². The van der Waals surface area contributed by atoms with Crippen molar-refractivity contribution in [3.8, 4) is 0 Å². The van der Waals surface area contributed by atoms with Crippen LogP contribution in [0.2, 0.25) is 0 Å². The van der Waals surface area contributed by atoms with Gasteiger partial charge in [0.2, 0.25) is 5.95 Å². The number of rotatable bonds is 2. The molecule has 3 rings (SSSR count). The normalized spacial score (nSPS) is 20.2. The maximum atomic E-state index is 5.98. The predicted octanol–water partition coefficient (Wildman–Crippen LogP) is 2.22. The Labute approximate surface area is 105 Å². The number of hydrogen-bond donors (Lipinski definition) is 1. The smallest absolute Gasteiger partial charge is 0.202 e. The number of fused-ring (bicyclic) bond motifs is 1. The minimum atomic E-state index is 0.589. The molecule has 4 nitrogen and oxygen atoms in total. The molecule has 0 amide bonds. The van der Waals surface area contributed by atoms with Crippen LogP contribution >= 0.6 is 11.8 Å². The third kappa shape index (κ3) is 1.99. The van der Waals surface area contributed by atoms with Gasteiger partial charge in [0.1, 0.15) is 5.52 Å². The average Bonchev–Trinajstić information content (AvgIpc) is 2.88. The number of thioether (sulfide) groups is 1. The zero-order valence-corrected chi connectivity index (χ0v) is 10.7. The van der Waals surface area contributed by atoms with Crippen molar-refractivity contribution in [2.24, 2.45) is 0 Å². The highest BCUT2D eigenvalue weighted by atomic mass is 32.2. The number of imidazole rings is 1. The summed E-state index contributed by atoms with van der Waals surface area (Å²) in [5.41, 5.74) is 8.93. The molecule has 3 heterocycles. The van der Waals surface area contributed by atoms with Gasteiger partial charge in [-0.1, -0.05) is 0 Å². The largest absolute Gasteiger partial charge is 0.369 e. The molecule has 1 saturated heterocycles. The molecule has 2 aromatic rings. The van der Waals surface area contributed by atoms with Gasteiger partial charge in [-0.05, 0) is 37.1 Å². The lowest BCUT2D eigenvalue weighted by Crippen LogP contribution is -2.12. The number of anilines is 1. The minimum absolute atomic E-state index is 0.589. The van der Waals surface area contributed by atoms with Gasteiger partial charge in [-0.15, -0.1) is 0 Å². The SMILES string of the molecule is Cc1cnc2c(c1)nc(N)n2CC1CCCS1. The summed E-state index contributed by atoms with van der Waals surface area (Å²) in [6.45, 7) is 2.96. The Balaban J connectivity index is 1.99. The monoisotopic (exact) mass is 248 g/mol. The molecule has 1 aliphatic heterocycles. The number of aryl methyl sites for hydroxylation is 1. The first-order chi connectivity index (χ1) is 8.24. The first kappa shape index (κ1) is 10.9. The fraction of sp³-hybridized carbons (Fsp3) is 0.500. The van der Waals surface area contributed by atoms with Crippen LogP contribution in [0.25, 0.3) is 11.2 Å². The first-order valence-electron chi connectivity index (χ1n) is 5.94. The van der Waals surface area contributed by atoms with Crippen LogP contribution in [0.4, 0.5) is 5.95 Å². The van der Waals surface area contributed by atoms with Gasteiger partial charge in [-0.25, -0.2) is 9.97 Å². The van der Waals surface area contributed by atoms with Gasteiger partial charge in [-0.3, -0.25) is 4.57 Å². The average molecular weight is 248 g/mol. The molecule has 0 radical (unpaired) electrons. The van der Waals surface area contributed by atoms with E-state index in [9.17, 15) is 0 Å². The standard InChI is InChI=1S/C12H16N4S/c1-8-5-10-11(14-6-8)16(12(13)15-10)7-9-3-2-4-17-9/h5-6,9H,2-4,7H2,1H3,(H2,13,15). The van der Waals surface area contributed by atoms with Crippen LogP contribution in [-0.2, 0) is 6.54 Å². The third-order valence-electron chi connectivity index (χ3n) is 3.16. The van der Waals surface area contributed by atoms with E-state index in [4.69, 9.17) is 5.73 Å². The Kier molecular flexibility index (Phi) is 2.70. The maximum absolute atomic E-state index is 5.98. The number of nitrogens with zero attached hydrogens (tertiary/aromatic N) is 3. The van der Waals surface area contributed by atoms with Crippen molar-refractivity contribution >= 4 is 28.9 Å². The summed E-state index contributed by atoms with van der Waals surface area (Å²) >= 11 is 2.03. The van der Waals surface area contributed by atoms with Crippen molar-refractivity contribution in [1.82, 2.24) is 14.5 Å². The van der Waals surface area contributed by atoms with E-state index in [1.165, 1.54) is 18.6 Å². The molecule has 2 aromatic heterocycles. The lowest BCUT2D eigenvalue weighted by atomic mass is 10.2. The van der Waals surface area contributed by atoms with E-state index in [1.807, 2.05) is 30.9 Å². The second-order valence-corrected chi connectivity index (χ2v) is 5.98. The highest BCUT2D eigenvalue weighted by molar-refractivity contribution is 8.00. The number of nitrogen functional groups attached to an aromatic ring is 1. The van der Waals surface area contributed by atoms with Crippen molar-refractivity contribution in [2.75, 3.05) is 11.5 Å². The van der Waals surface area contributed by atoms with Crippen LogP contribution in [0.1, 0.15) is 18.4 Å². The lowest BCUT2D eigenvalue weighted by molar-refractivity contribution is 0.654. The highest BCUT2D eigenvalue weighted by Gasteiger charge is 2.19. The van der Waals surface area contributed by atoms with E-state index < -0.39 is 0 Å². The summed E-state index contributed by atoms with van der Waals surface area (Å²) < 4.78 is 2.05. The van der Waals surface area contributed by atoms with E-state index >= 15 is 0 Å². The van der Waals surface area contributed by atoms with Crippen LogP contribution in [0.15, 0.2) is 12.3 Å². The lowest BCUT2D eigenvalue weighted by Gasteiger charge is -2.11. The van der Waals surface area contributed by atoms with Gasteiger partial charge < -0.3 is 5.73 Å². The van der Waals surface area contributed by atoms with Gasteiger partial charge in [0.15, 0.2) is 5.65 Å². The van der Waals surface area contributed by atoms with E-state index in [0.29, 0.717) is 11.2 Å². The fourth-order valence-corrected chi connectivity index (χ4v) is 3.56. The summed E-state index contributed by atoms with van der Waals surface area (Å²) in [5.74, 6) is 1.86. The number of aromatic nitrogens is 3. The molecule has 90 valence electrons. The Morgan fingerprint density at radius 3 is 3.24 bits per heavy atom. The van der Waals surface area contributed by atoms with Gasteiger partial charge in [0.25, 0.3) is 0 Å². The first-order valence-corrected chi connectivity index (χ1v) is 6.99. The molecule has 17 heavy (non-hydrogen) atoms. The Morgan fingerprint density at radius 2 is 2.47 bits per heavy atom. The molecule has 0 spiro atoms. The molecular weight excluding hydrogens is 232 g/mol. The van der Waals surface area contributed by atoms with Crippen molar-refractivity contribution in [2.45, 2.75) is 31.6 Å². The van der Waals surface area contributed by atoms with Crippen LogP contribution < -0.4 is 5.73 Å². The molecule has 5 heteroatoms. The highest BCUT2D eigenvalue weighted by Crippen LogP contribution is 2.29. The quantitative estimate of drug-likeness (QED) is 0.885. The summed E-state index contributed by atoms with van der Waals surface area (Å²) in [6.07, 6.45) is 4.46. The Hall–Kier alpha value is -1.23. The van der Waals surface area contributed by atoms with Gasteiger partial charge >= 0.3 is 0 Å². The molecule has 0 aromatic carbocycles. The topological polar surface area (TPSA) is 56.7 Å².